The minimum atomic E-state index is 0. The Morgan fingerprint density at radius 3 is 2.62 bits per heavy atom. The quantitative estimate of drug-likeness (QED) is 0.753. The Kier molecular flexibility index (Phi) is 4.12. The van der Waals surface area contributed by atoms with E-state index in [9.17, 15) is 0 Å². The molecule has 0 amide bonds. The van der Waals surface area contributed by atoms with Gasteiger partial charge in [-0.3, -0.25) is 10.4 Å². The lowest BCUT2D eigenvalue weighted by molar-refractivity contribution is 0.585. The summed E-state index contributed by atoms with van der Waals surface area (Å²) in [4.78, 5) is 4.44. The van der Waals surface area contributed by atoms with Crippen LogP contribution in [-0.4, -0.2) is 16.4 Å². The SMILES string of the molecule is BrC1CNNC1c1ccncc1.Cl. The molecule has 13 heavy (non-hydrogen) atoms. The van der Waals surface area contributed by atoms with E-state index in [1.54, 1.807) is 0 Å². The van der Waals surface area contributed by atoms with Crippen LogP contribution in [0.4, 0.5) is 0 Å². The molecule has 1 saturated heterocycles. The van der Waals surface area contributed by atoms with Gasteiger partial charge in [-0.05, 0) is 17.7 Å². The molecular formula is C8H11BrClN3. The van der Waals surface area contributed by atoms with Crippen molar-refractivity contribution < 1.29 is 0 Å². The number of hydrogen-bond acceptors (Lipinski definition) is 3. The topological polar surface area (TPSA) is 37.0 Å². The molecule has 1 aliphatic heterocycles. The third-order valence-electron chi connectivity index (χ3n) is 1.98. The van der Waals surface area contributed by atoms with Gasteiger partial charge in [0.05, 0.1) is 6.04 Å². The molecule has 0 saturated carbocycles. The summed E-state index contributed by atoms with van der Waals surface area (Å²) in [6, 6.07) is 4.41. The van der Waals surface area contributed by atoms with Gasteiger partial charge >= 0.3 is 0 Å². The van der Waals surface area contributed by atoms with Crippen molar-refractivity contribution in [3.05, 3.63) is 30.1 Å². The summed E-state index contributed by atoms with van der Waals surface area (Å²) in [7, 11) is 0. The van der Waals surface area contributed by atoms with Crippen molar-refractivity contribution in [1.82, 2.24) is 15.8 Å². The van der Waals surface area contributed by atoms with Gasteiger partial charge < -0.3 is 0 Å². The number of aromatic nitrogens is 1. The Labute approximate surface area is 91.8 Å². The molecule has 2 atom stereocenters. The Hall–Kier alpha value is -0.160. The van der Waals surface area contributed by atoms with Crippen LogP contribution in [0.1, 0.15) is 11.6 Å². The Balaban J connectivity index is 0.000000845. The zero-order valence-electron chi connectivity index (χ0n) is 6.90. The summed E-state index contributed by atoms with van der Waals surface area (Å²) in [6.07, 6.45) is 3.63. The maximum Gasteiger partial charge on any atom is 0.0601 e. The standard InChI is InChI=1S/C8H10BrN3.ClH/c9-7-5-11-12-8(7)6-1-3-10-4-2-6;/h1-4,7-8,11-12H,5H2;1H. The highest BCUT2D eigenvalue weighted by atomic mass is 79.9. The van der Waals surface area contributed by atoms with Crippen LogP contribution in [0.2, 0.25) is 0 Å². The summed E-state index contributed by atoms with van der Waals surface area (Å²) in [6.45, 7) is 0.951. The number of pyridine rings is 1. The van der Waals surface area contributed by atoms with Crippen molar-refractivity contribution in [3.63, 3.8) is 0 Å². The van der Waals surface area contributed by atoms with E-state index in [0.29, 0.717) is 10.9 Å². The van der Waals surface area contributed by atoms with Gasteiger partial charge in [-0.2, -0.15) is 0 Å². The van der Waals surface area contributed by atoms with Crippen molar-refractivity contribution in [1.29, 1.82) is 0 Å². The number of nitrogens with one attached hydrogen (secondary N) is 2. The Bertz CT molecular complexity index is 257. The first kappa shape index (κ1) is 10.9. The fourth-order valence-electron chi connectivity index (χ4n) is 1.34. The van der Waals surface area contributed by atoms with Gasteiger partial charge in [0.1, 0.15) is 0 Å². The molecule has 5 heteroatoms. The van der Waals surface area contributed by atoms with Crippen molar-refractivity contribution in [2.24, 2.45) is 0 Å². The molecule has 0 spiro atoms. The van der Waals surface area contributed by atoms with Gasteiger partial charge in [-0.1, -0.05) is 15.9 Å². The highest BCUT2D eigenvalue weighted by Gasteiger charge is 2.25. The van der Waals surface area contributed by atoms with E-state index in [2.05, 4.69) is 31.8 Å². The normalized spacial score (nSPS) is 26.8. The third kappa shape index (κ3) is 2.40. The van der Waals surface area contributed by atoms with E-state index in [-0.39, 0.29) is 12.4 Å². The highest BCUT2D eigenvalue weighted by molar-refractivity contribution is 9.09. The minimum absolute atomic E-state index is 0. The maximum atomic E-state index is 3.98. The molecule has 1 aliphatic rings. The first-order valence-electron chi connectivity index (χ1n) is 3.90. The number of hydrazine groups is 1. The zero-order chi connectivity index (χ0) is 8.39. The van der Waals surface area contributed by atoms with Crippen LogP contribution in [0.3, 0.4) is 0 Å². The molecule has 1 fully saturated rings. The summed E-state index contributed by atoms with van der Waals surface area (Å²) < 4.78 is 0. The summed E-state index contributed by atoms with van der Waals surface area (Å²) >= 11 is 3.60. The average Bonchev–Trinajstić information content (AvgIpc) is 2.53. The third-order valence-corrected chi connectivity index (χ3v) is 2.83. The van der Waals surface area contributed by atoms with E-state index < -0.39 is 0 Å². The maximum absolute atomic E-state index is 3.98. The predicted octanol–water partition coefficient (Wildman–Crippen LogP) is 1.42. The van der Waals surface area contributed by atoms with Crippen LogP contribution in [0, 0.1) is 0 Å². The van der Waals surface area contributed by atoms with Crippen molar-refractivity contribution in [2.75, 3.05) is 6.54 Å². The fraction of sp³-hybridized carbons (Fsp3) is 0.375. The minimum Gasteiger partial charge on any atom is -0.265 e. The van der Waals surface area contributed by atoms with Gasteiger partial charge in [-0.25, -0.2) is 5.43 Å². The second-order valence-corrected chi connectivity index (χ2v) is 3.98. The summed E-state index contributed by atoms with van der Waals surface area (Å²) in [5.41, 5.74) is 7.56. The zero-order valence-corrected chi connectivity index (χ0v) is 9.31. The second-order valence-electron chi connectivity index (χ2n) is 2.80. The Morgan fingerprint density at radius 1 is 1.38 bits per heavy atom. The molecule has 1 aromatic rings. The molecular weight excluding hydrogens is 253 g/mol. The van der Waals surface area contributed by atoms with Gasteiger partial charge in [0.2, 0.25) is 0 Å². The second kappa shape index (κ2) is 4.91. The largest absolute Gasteiger partial charge is 0.265 e. The lowest BCUT2D eigenvalue weighted by atomic mass is 10.1. The van der Waals surface area contributed by atoms with Crippen molar-refractivity contribution in [2.45, 2.75) is 10.9 Å². The lowest BCUT2D eigenvalue weighted by Gasteiger charge is -2.12. The van der Waals surface area contributed by atoms with Gasteiger partial charge in [-0.15, -0.1) is 12.4 Å². The van der Waals surface area contributed by atoms with Crippen LogP contribution < -0.4 is 10.9 Å². The molecule has 72 valence electrons. The summed E-state index contributed by atoms with van der Waals surface area (Å²) in [5.74, 6) is 0. The first-order valence-corrected chi connectivity index (χ1v) is 4.82. The number of nitrogens with zero attached hydrogens (tertiary/aromatic N) is 1. The molecule has 0 aromatic carbocycles. The molecule has 2 heterocycles. The number of alkyl halides is 1. The van der Waals surface area contributed by atoms with Crippen LogP contribution in [0.25, 0.3) is 0 Å². The Morgan fingerprint density at radius 2 is 2.08 bits per heavy atom. The molecule has 2 N–H and O–H groups in total. The molecule has 1 aromatic heterocycles. The van der Waals surface area contributed by atoms with Crippen molar-refractivity contribution >= 4 is 28.3 Å². The molecule has 0 bridgehead atoms. The van der Waals surface area contributed by atoms with E-state index in [4.69, 9.17) is 0 Å². The van der Waals surface area contributed by atoms with Crippen LogP contribution in [0.5, 0.6) is 0 Å². The molecule has 3 nitrogen and oxygen atoms in total. The average molecular weight is 265 g/mol. The molecule has 0 aliphatic carbocycles. The van der Waals surface area contributed by atoms with E-state index in [1.165, 1.54) is 5.56 Å². The van der Waals surface area contributed by atoms with Crippen LogP contribution >= 0.6 is 28.3 Å². The first-order chi connectivity index (χ1) is 5.88. The smallest absolute Gasteiger partial charge is 0.0601 e. The van der Waals surface area contributed by atoms with Crippen LogP contribution in [0.15, 0.2) is 24.5 Å². The fourth-order valence-corrected chi connectivity index (χ4v) is 1.94. The summed E-state index contributed by atoms with van der Waals surface area (Å²) in [5, 5.41) is 0. The molecule has 2 unspecified atom stereocenters. The highest BCUT2D eigenvalue weighted by Crippen LogP contribution is 2.23. The van der Waals surface area contributed by atoms with Gasteiger partial charge in [0.15, 0.2) is 0 Å². The predicted molar refractivity (Wildman–Crippen MR) is 58.1 cm³/mol. The van der Waals surface area contributed by atoms with Crippen LogP contribution in [-0.2, 0) is 0 Å². The van der Waals surface area contributed by atoms with Crippen molar-refractivity contribution in [3.8, 4) is 0 Å². The van der Waals surface area contributed by atoms with Gasteiger partial charge in [0.25, 0.3) is 0 Å². The van der Waals surface area contributed by atoms with E-state index in [0.717, 1.165) is 6.54 Å². The molecule has 2 rings (SSSR count). The molecule has 0 radical (unpaired) electrons. The lowest BCUT2D eigenvalue weighted by Crippen LogP contribution is -2.24. The number of halogens is 2. The monoisotopic (exact) mass is 263 g/mol. The van der Waals surface area contributed by atoms with E-state index in [1.807, 2.05) is 24.5 Å². The number of hydrogen-bond donors (Lipinski definition) is 2. The van der Waals surface area contributed by atoms with E-state index >= 15 is 0 Å². The van der Waals surface area contributed by atoms with Gasteiger partial charge in [0, 0.05) is 23.8 Å². The number of rotatable bonds is 1.